The molecule has 4 heteroatoms. The lowest BCUT2D eigenvalue weighted by Gasteiger charge is -2.10. The van der Waals surface area contributed by atoms with Crippen molar-refractivity contribution in [2.24, 2.45) is 0 Å². The average molecular weight is 314 g/mol. The molecule has 0 aliphatic heterocycles. The molecule has 18 heavy (non-hydrogen) atoms. The Morgan fingerprint density at radius 2 is 1.94 bits per heavy atom. The number of carbonyl (C=O) groups excluding carboxylic acids is 1. The molecule has 0 spiro atoms. The van der Waals surface area contributed by atoms with E-state index in [0.29, 0.717) is 6.61 Å². The summed E-state index contributed by atoms with van der Waals surface area (Å²) >= 11 is 3.52. The van der Waals surface area contributed by atoms with Gasteiger partial charge in [0, 0.05) is 10.2 Å². The van der Waals surface area contributed by atoms with Gasteiger partial charge in [-0.2, -0.15) is 0 Å². The third-order valence-electron chi connectivity index (χ3n) is 2.63. The molecule has 0 fully saturated rings. The monoisotopic (exact) mass is 313 g/mol. The number of rotatable bonds is 6. The Bertz CT molecular complexity index is 395. The first kappa shape index (κ1) is 15.0. The van der Waals surface area contributed by atoms with E-state index >= 15 is 0 Å². The zero-order chi connectivity index (χ0) is 13.5. The lowest BCUT2D eigenvalue weighted by molar-refractivity contribution is -0.141. The van der Waals surface area contributed by atoms with Crippen molar-refractivity contribution in [3.05, 3.63) is 27.7 Å². The fourth-order valence-electron chi connectivity index (χ4n) is 1.60. The van der Waals surface area contributed by atoms with Gasteiger partial charge in [0.15, 0.2) is 0 Å². The molecule has 1 N–H and O–H groups in total. The topological polar surface area (TPSA) is 38.3 Å². The molecule has 1 aromatic rings. The molecule has 0 aliphatic rings. The highest BCUT2D eigenvalue weighted by Crippen LogP contribution is 2.24. The van der Waals surface area contributed by atoms with Gasteiger partial charge in [0.05, 0.1) is 6.61 Å². The first-order valence-electron chi connectivity index (χ1n) is 6.20. The van der Waals surface area contributed by atoms with Crippen LogP contribution in [0.25, 0.3) is 0 Å². The van der Waals surface area contributed by atoms with Crippen molar-refractivity contribution in [1.82, 2.24) is 0 Å². The quantitative estimate of drug-likeness (QED) is 0.641. The molecular formula is C14H20BrNO2. The summed E-state index contributed by atoms with van der Waals surface area (Å²) in [4.78, 5) is 11.4. The molecule has 0 aliphatic carbocycles. The molecule has 1 aromatic carbocycles. The zero-order valence-corrected chi connectivity index (χ0v) is 12.8. The summed E-state index contributed by atoms with van der Waals surface area (Å²) in [6.07, 6.45) is 1.95. The van der Waals surface area contributed by atoms with Crippen LogP contribution in [0, 0.1) is 13.8 Å². The Balaban J connectivity index is 2.46. The number of carbonyl (C=O) groups is 1. The maximum Gasteiger partial charge on any atom is 0.325 e. The number of hydrogen-bond acceptors (Lipinski definition) is 3. The third-order valence-corrected chi connectivity index (χ3v) is 3.89. The van der Waals surface area contributed by atoms with E-state index in [0.717, 1.165) is 34.1 Å². The summed E-state index contributed by atoms with van der Waals surface area (Å²) in [5.41, 5.74) is 3.24. The second-order valence-electron chi connectivity index (χ2n) is 4.35. The highest BCUT2D eigenvalue weighted by Gasteiger charge is 2.05. The van der Waals surface area contributed by atoms with Crippen molar-refractivity contribution in [2.75, 3.05) is 18.5 Å². The van der Waals surface area contributed by atoms with Crippen molar-refractivity contribution in [2.45, 2.75) is 33.6 Å². The van der Waals surface area contributed by atoms with Gasteiger partial charge in [-0.05, 0) is 43.5 Å². The van der Waals surface area contributed by atoms with Gasteiger partial charge in [-0.25, -0.2) is 0 Å². The number of hydrogen-bond donors (Lipinski definition) is 1. The van der Waals surface area contributed by atoms with E-state index < -0.39 is 0 Å². The van der Waals surface area contributed by atoms with E-state index in [4.69, 9.17) is 4.74 Å². The Hall–Kier alpha value is -1.03. The molecule has 3 nitrogen and oxygen atoms in total. The predicted octanol–water partition coefficient (Wildman–Crippen LogP) is 3.82. The van der Waals surface area contributed by atoms with Crippen molar-refractivity contribution in [1.29, 1.82) is 0 Å². The maximum atomic E-state index is 11.4. The molecule has 0 saturated carbocycles. The second kappa shape index (κ2) is 7.41. The average Bonchev–Trinajstić information content (AvgIpc) is 2.33. The molecule has 0 unspecified atom stereocenters. The van der Waals surface area contributed by atoms with Crippen LogP contribution in [-0.4, -0.2) is 19.1 Å². The van der Waals surface area contributed by atoms with Gasteiger partial charge in [0.2, 0.25) is 0 Å². The van der Waals surface area contributed by atoms with Crippen molar-refractivity contribution >= 4 is 27.6 Å². The van der Waals surface area contributed by atoms with Gasteiger partial charge in [0.1, 0.15) is 6.54 Å². The van der Waals surface area contributed by atoms with E-state index in [1.54, 1.807) is 0 Å². The summed E-state index contributed by atoms with van der Waals surface area (Å²) in [5.74, 6) is -0.207. The lowest BCUT2D eigenvalue weighted by atomic mass is 10.1. The van der Waals surface area contributed by atoms with E-state index in [9.17, 15) is 4.79 Å². The summed E-state index contributed by atoms with van der Waals surface area (Å²) in [6, 6.07) is 4.02. The first-order valence-corrected chi connectivity index (χ1v) is 7.00. The van der Waals surface area contributed by atoms with Crippen LogP contribution in [0.2, 0.25) is 0 Å². The largest absolute Gasteiger partial charge is 0.464 e. The molecule has 0 aromatic heterocycles. The Labute approximate surface area is 117 Å². The molecule has 0 saturated heterocycles. The molecule has 0 heterocycles. The number of esters is 1. The number of anilines is 1. The zero-order valence-electron chi connectivity index (χ0n) is 11.2. The molecule has 0 bridgehead atoms. The summed E-state index contributed by atoms with van der Waals surface area (Å²) < 4.78 is 6.19. The van der Waals surface area contributed by atoms with Crippen molar-refractivity contribution in [3.63, 3.8) is 0 Å². The Kier molecular flexibility index (Phi) is 6.19. The smallest absolute Gasteiger partial charge is 0.325 e. The van der Waals surface area contributed by atoms with E-state index in [1.165, 1.54) is 0 Å². The summed E-state index contributed by atoms with van der Waals surface area (Å²) in [6.45, 7) is 6.85. The molecule has 100 valence electrons. The maximum absolute atomic E-state index is 11.4. The van der Waals surface area contributed by atoms with Gasteiger partial charge in [-0.1, -0.05) is 29.3 Å². The van der Waals surface area contributed by atoms with Crippen LogP contribution in [-0.2, 0) is 9.53 Å². The van der Waals surface area contributed by atoms with Crippen LogP contribution in [0.3, 0.4) is 0 Å². The van der Waals surface area contributed by atoms with Crippen LogP contribution >= 0.6 is 15.9 Å². The molecule has 0 amide bonds. The Morgan fingerprint density at radius 1 is 1.33 bits per heavy atom. The van der Waals surface area contributed by atoms with Gasteiger partial charge in [-0.15, -0.1) is 0 Å². The normalized spacial score (nSPS) is 10.2. The minimum absolute atomic E-state index is 0.207. The second-order valence-corrected chi connectivity index (χ2v) is 5.14. The number of ether oxygens (including phenoxy) is 1. The van der Waals surface area contributed by atoms with Crippen molar-refractivity contribution in [3.8, 4) is 0 Å². The van der Waals surface area contributed by atoms with Gasteiger partial charge < -0.3 is 10.1 Å². The third kappa shape index (κ3) is 4.69. The van der Waals surface area contributed by atoms with E-state index in [2.05, 4.69) is 28.2 Å². The molecule has 0 radical (unpaired) electrons. The first-order chi connectivity index (χ1) is 8.54. The van der Waals surface area contributed by atoms with Gasteiger partial charge in [-0.3, -0.25) is 4.79 Å². The molecule has 0 atom stereocenters. The number of nitrogens with one attached hydrogen (secondary N) is 1. The lowest BCUT2D eigenvalue weighted by Crippen LogP contribution is -2.17. The fourth-order valence-corrected chi connectivity index (χ4v) is 1.83. The predicted molar refractivity (Wildman–Crippen MR) is 78.0 cm³/mol. The van der Waals surface area contributed by atoms with Crippen LogP contribution < -0.4 is 5.32 Å². The highest BCUT2D eigenvalue weighted by molar-refractivity contribution is 9.10. The minimum atomic E-state index is -0.207. The minimum Gasteiger partial charge on any atom is -0.464 e. The van der Waals surface area contributed by atoms with E-state index in [1.807, 2.05) is 26.0 Å². The molecule has 1 rings (SSSR count). The van der Waals surface area contributed by atoms with Gasteiger partial charge in [0.25, 0.3) is 0 Å². The van der Waals surface area contributed by atoms with Crippen LogP contribution in [0.5, 0.6) is 0 Å². The van der Waals surface area contributed by atoms with Crippen LogP contribution in [0.15, 0.2) is 16.6 Å². The fraction of sp³-hybridized carbons (Fsp3) is 0.500. The van der Waals surface area contributed by atoms with Crippen LogP contribution in [0.4, 0.5) is 5.69 Å². The summed E-state index contributed by atoms with van der Waals surface area (Å²) in [5, 5.41) is 3.08. The SMILES string of the molecule is CCCCOC(=O)CNc1cc(C)c(Br)c(C)c1. The number of unbranched alkanes of at least 4 members (excludes halogenated alkanes) is 1. The molecular weight excluding hydrogens is 294 g/mol. The highest BCUT2D eigenvalue weighted by atomic mass is 79.9. The van der Waals surface area contributed by atoms with Gasteiger partial charge >= 0.3 is 5.97 Å². The van der Waals surface area contributed by atoms with Crippen molar-refractivity contribution < 1.29 is 9.53 Å². The number of aryl methyl sites for hydroxylation is 2. The summed E-state index contributed by atoms with van der Waals surface area (Å²) in [7, 11) is 0. The Morgan fingerprint density at radius 3 is 2.50 bits per heavy atom. The van der Waals surface area contributed by atoms with Crippen LogP contribution in [0.1, 0.15) is 30.9 Å². The number of halogens is 1. The number of benzene rings is 1. The van der Waals surface area contributed by atoms with E-state index in [-0.39, 0.29) is 12.5 Å². The standard InChI is InChI=1S/C14H20BrNO2/c1-4-5-6-18-13(17)9-16-12-7-10(2)14(15)11(3)8-12/h7-8,16H,4-6,9H2,1-3H3.